The molecule has 0 unspecified atom stereocenters. The van der Waals surface area contributed by atoms with Gasteiger partial charge in [-0.2, -0.15) is 0 Å². The van der Waals surface area contributed by atoms with Crippen LogP contribution in [0, 0.1) is 12.7 Å². The van der Waals surface area contributed by atoms with E-state index in [1.54, 1.807) is 6.92 Å². The zero-order valence-corrected chi connectivity index (χ0v) is 12.5. The van der Waals surface area contributed by atoms with E-state index in [-0.39, 0.29) is 24.6 Å². The van der Waals surface area contributed by atoms with Crippen molar-refractivity contribution >= 4 is 17.6 Å². The number of rotatable bonds is 3. The van der Waals surface area contributed by atoms with Gasteiger partial charge in [-0.25, -0.2) is 14.0 Å². The monoisotopic (exact) mass is 309 g/mol. The minimum Gasteiger partial charge on any atom is -0.466 e. The fraction of sp³-hybridized carbons (Fsp3) is 0.333. The lowest BCUT2D eigenvalue weighted by Crippen LogP contribution is -2.39. The quantitative estimate of drug-likeness (QED) is 0.789. The van der Waals surface area contributed by atoms with E-state index in [0.29, 0.717) is 11.3 Å². The number of hydrogen-bond acceptors (Lipinski definition) is 6. The number of ether oxygens (including phenoxy) is 3. The molecule has 1 aromatic carbocycles. The van der Waals surface area contributed by atoms with Crippen molar-refractivity contribution < 1.29 is 28.2 Å². The zero-order chi connectivity index (χ0) is 16.3. The number of hydrogen-bond donors (Lipinski definition) is 0. The Bertz CT molecular complexity index is 641. The minimum absolute atomic E-state index is 0.0373. The molecular formula is C15H16FNO5. The highest BCUT2D eigenvalue weighted by Crippen LogP contribution is 2.29. The number of carbonyl (C=O) groups is 2. The van der Waals surface area contributed by atoms with Crippen LogP contribution in [0.2, 0.25) is 0 Å². The molecule has 1 aliphatic heterocycles. The van der Waals surface area contributed by atoms with Gasteiger partial charge in [-0.15, -0.1) is 0 Å². The smallest absolute Gasteiger partial charge is 0.355 e. The summed E-state index contributed by atoms with van der Waals surface area (Å²) in [6.07, 6.45) is 0. The normalized spacial score (nSPS) is 14.8. The van der Waals surface area contributed by atoms with Crippen molar-refractivity contribution in [1.82, 2.24) is 0 Å². The molecule has 0 bridgehead atoms. The first-order chi connectivity index (χ1) is 10.5. The Morgan fingerprint density at radius 2 is 1.91 bits per heavy atom. The van der Waals surface area contributed by atoms with Gasteiger partial charge in [0.25, 0.3) is 0 Å². The molecule has 22 heavy (non-hydrogen) atoms. The molecule has 0 radical (unpaired) electrons. The van der Waals surface area contributed by atoms with Gasteiger partial charge in [-0.1, -0.05) is 0 Å². The van der Waals surface area contributed by atoms with Crippen LogP contribution in [-0.4, -0.2) is 39.5 Å². The summed E-state index contributed by atoms with van der Waals surface area (Å²) in [7, 11) is 2.43. The number of benzene rings is 1. The minimum atomic E-state index is -0.688. The Kier molecular flexibility index (Phi) is 4.77. The second-order valence-electron chi connectivity index (χ2n) is 4.65. The molecule has 118 valence electrons. The maximum Gasteiger partial charge on any atom is 0.355 e. The van der Waals surface area contributed by atoms with Gasteiger partial charge >= 0.3 is 11.9 Å². The van der Waals surface area contributed by atoms with Gasteiger partial charge in [-0.3, -0.25) is 0 Å². The van der Waals surface area contributed by atoms with Gasteiger partial charge in [0, 0.05) is 5.69 Å². The molecule has 1 aromatic rings. The van der Waals surface area contributed by atoms with Crippen LogP contribution in [0.4, 0.5) is 10.1 Å². The van der Waals surface area contributed by atoms with Crippen LogP contribution >= 0.6 is 0 Å². The van der Waals surface area contributed by atoms with Crippen molar-refractivity contribution in [3.8, 4) is 0 Å². The third kappa shape index (κ3) is 2.94. The summed E-state index contributed by atoms with van der Waals surface area (Å²) in [6, 6.07) is 4.11. The van der Waals surface area contributed by atoms with E-state index in [9.17, 15) is 14.0 Å². The summed E-state index contributed by atoms with van der Waals surface area (Å²) in [5, 5.41) is 0. The number of halogens is 1. The predicted molar refractivity (Wildman–Crippen MR) is 75.5 cm³/mol. The fourth-order valence-corrected chi connectivity index (χ4v) is 2.26. The van der Waals surface area contributed by atoms with E-state index in [1.165, 1.54) is 37.3 Å². The first kappa shape index (κ1) is 16.0. The molecule has 0 fully saturated rings. The van der Waals surface area contributed by atoms with Crippen LogP contribution in [0.3, 0.4) is 0 Å². The van der Waals surface area contributed by atoms with Gasteiger partial charge in [0.15, 0.2) is 0 Å². The Hall–Kier alpha value is -2.41. The zero-order valence-electron chi connectivity index (χ0n) is 12.5. The van der Waals surface area contributed by atoms with E-state index < -0.39 is 17.8 Å². The topological polar surface area (TPSA) is 65.1 Å². The Morgan fingerprint density at radius 1 is 1.23 bits per heavy atom. The first-order valence-electron chi connectivity index (χ1n) is 6.50. The van der Waals surface area contributed by atoms with Crippen molar-refractivity contribution in [3.05, 3.63) is 40.8 Å². The number of methoxy groups -OCH3 is 2. The molecule has 0 aromatic heterocycles. The number of esters is 2. The standard InChI is InChI=1S/C15H16FNO5/c1-9-6-10(16)4-5-12(9)17-8-22-7-11(14(18)20-2)13(17)15(19)21-3/h4-6H,7-8H2,1-3H3. The van der Waals surface area contributed by atoms with Gasteiger partial charge in [-0.05, 0) is 30.7 Å². The summed E-state index contributed by atoms with van der Waals surface area (Å²) in [5.74, 6) is -1.76. The first-order valence-corrected chi connectivity index (χ1v) is 6.50. The van der Waals surface area contributed by atoms with Crippen LogP contribution < -0.4 is 4.90 Å². The third-order valence-corrected chi connectivity index (χ3v) is 3.28. The van der Waals surface area contributed by atoms with Crippen LogP contribution in [0.5, 0.6) is 0 Å². The Morgan fingerprint density at radius 3 is 2.50 bits per heavy atom. The van der Waals surface area contributed by atoms with E-state index in [0.717, 1.165) is 0 Å². The maximum atomic E-state index is 13.3. The van der Waals surface area contributed by atoms with Crippen LogP contribution in [0.25, 0.3) is 0 Å². The SMILES string of the molecule is COC(=O)C1=C(C(=O)OC)N(c2ccc(F)cc2C)COC1. The highest BCUT2D eigenvalue weighted by Gasteiger charge is 2.32. The van der Waals surface area contributed by atoms with Crippen molar-refractivity contribution in [1.29, 1.82) is 0 Å². The molecule has 6 nitrogen and oxygen atoms in total. The molecule has 1 heterocycles. The lowest BCUT2D eigenvalue weighted by molar-refractivity contribution is -0.140. The highest BCUT2D eigenvalue weighted by molar-refractivity contribution is 6.03. The van der Waals surface area contributed by atoms with Gasteiger partial charge in [0.05, 0.1) is 26.4 Å². The van der Waals surface area contributed by atoms with Gasteiger partial charge < -0.3 is 19.1 Å². The molecule has 7 heteroatoms. The molecule has 0 saturated heterocycles. The highest BCUT2D eigenvalue weighted by atomic mass is 19.1. The van der Waals surface area contributed by atoms with E-state index in [2.05, 4.69) is 4.74 Å². The molecule has 0 saturated carbocycles. The van der Waals surface area contributed by atoms with Crippen molar-refractivity contribution in [3.63, 3.8) is 0 Å². The van der Waals surface area contributed by atoms with Crippen molar-refractivity contribution in [2.75, 3.05) is 32.5 Å². The summed E-state index contributed by atoms with van der Waals surface area (Å²) in [6.45, 7) is 1.67. The van der Waals surface area contributed by atoms with Crippen LogP contribution in [0.15, 0.2) is 29.5 Å². The summed E-state index contributed by atoms with van der Waals surface area (Å²) in [5.41, 5.74) is 1.23. The number of nitrogens with zero attached hydrogens (tertiary/aromatic N) is 1. The van der Waals surface area contributed by atoms with Crippen molar-refractivity contribution in [2.24, 2.45) is 0 Å². The molecule has 0 amide bonds. The van der Waals surface area contributed by atoms with Gasteiger partial charge in [0.2, 0.25) is 0 Å². The van der Waals surface area contributed by atoms with Crippen LogP contribution in [0.1, 0.15) is 5.56 Å². The number of anilines is 1. The Labute approximate surface area is 127 Å². The van der Waals surface area contributed by atoms with Crippen LogP contribution in [-0.2, 0) is 23.8 Å². The molecule has 0 spiro atoms. The third-order valence-electron chi connectivity index (χ3n) is 3.28. The number of carbonyl (C=O) groups excluding carboxylic acids is 2. The van der Waals surface area contributed by atoms with E-state index >= 15 is 0 Å². The predicted octanol–water partition coefficient (Wildman–Crippen LogP) is 1.53. The number of aryl methyl sites for hydroxylation is 1. The molecule has 0 N–H and O–H groups in total. The largest absolute Gasteiger partial charge is 0.466 e. The van der Waals surface area contributed by atoms with Crippen molar-refractivity contribution in [2.45, 2.75) is 6.92 Å². The average Bonchev–Trinajstić information content (AvgIpc) is 2.52. The second kappa shape index (κ2) is 6.57. The molecule has 0 atom stereocenters. The molecule has 1 aliphatic rings. The van der Waals surface area contributed by atoms with Gasteiger partial charge in [0.1, 0.15) is 18.2 Å². The summed E-state index contributed by atoms with van der Waals surface area (Å²) < 4.78 is 28.0. The molecular weight excluding hydrogens is 293 g/mol. The molecule has 0 aliphatic carbocycles. The fourth-order valence-electron chi connectivity index (χ4n) is 2.26. The average molecular weight is 309 g/mol. The van der Waals surface area contributed by atoms with E-state index in [1.807, 2.05) is 0 Å². The second-order valence-corrected chi connectivity index (χ2v) is 4.65. The summed E-state index contributed by atoms with van der Waals surface area (Å²) >= 11 is 0. The Balaban J connectivity index is 2.57. The summed E-state index contributed by atoms with van der Waals surface area (Å²) in [4.78, 5) is 25.4. The van der Waals surface area contributed by atoms with E-state index in [4.69, 9.17) is 9.47 Å². The lowest BCUT2D eigenvalue weighted by Gasteiger charge is -2.32. The maximum absolute atomic E-state index is 13.3. The molecule has 2 rings (SSSR count). The lowest BCUT2D eigenvalue weighted by atomic mass is 10.1.